The Labute approximate surface area is 123 Å². The number of alkyl carbamates (subject to hydrolysis) is 1. The van der Waals surface area contributed by atoms with Gasteiger partial charge in [0.1, 0.15) is 10.8 Å². The topological polar surface area (TPSA) is 51.2 Å². The summed E-state index contributed by atoms with van der Waals surface area (Å²) in [6.45, 7) is 6.11. The van der Waals surface area contributed by atoms with Gasteiger partial charge in [-0.15, -0.1) is 0 Å². The molecule has 0 atom stereocenters. The number of carbonyl (C=O) groups excluding carboxylic acids is 1. The summed E-state index contributed by atoms with van der Waals surface area (Å²) in [5.41, 5.74) is 0.665. The van der Waals surface area contributed by atoms with Gasteiger partial charge in [0.25, 0.3) is 0 Å². The van der Waals surface area contributed by atoms with Crippen molar-refractivity contribution in [1.82, 2.24) is 10.3 Å². The van der Waals surface area contributed by atoms with Crippen molar-refractivity contribution in [3.63, 3.8) is 0 Å². The average molecular weight is 303 g/mol. The predicted molar refractivity (Wildman–Crippen MR) is 79.6 cm³/mol. The quantitative estimate of drug-likeness (QED) is 0.668. The molecular formula is C13H19ClN2O2S. The molecule has 0 aromatic carbocycles. The molecule has 1 heterocycles. The minimum Gasteiger partial charge on any atom is -0.444 e. The second kappa shape index (κ2) is 7.60. The van der Waals surface area contributed by atoms with Gasteiger partial charge >= 0.3 is 6.09 Å². The molecular weight excluding hydrogens is 284 g/mol. The zero-order valence-corrected chi connectivity index (χ0v) is 13.0. The summed E-state index contributed by atoms with van der Waals surface area (Å²) >= 11 is 7.42. The van der Waals surface area contributed by atoms with Crippen molar-refractivity contribution in [2.24, 2.45) is 0 Å². The molecule has 0 aliphatic rings. The van der Waals surface area contributed by atoms with Crippen molar-refractivity contribution in [3.8, 4) is 0 Å². The first-order valence-electron chi connectivity index (χ1n) is 6.02. The number of halogens is 1. The van der Waals surface area contributed by atoms with E-state index >= 15 is 0 Å². The van der Waals surface area contributed by atoms with E-state index < -0.39 is 5.60 Å². The molecule has 0 spiro atoms. The summed E-state index contributed by atoms with van der Waals surface area (Å²) < 4.78 is 5.13. The maximum Gasteiger partial charge on any atom is 0.407 e. The van der Waals surface area contributed by atoms with Gasteiger partial charge in [0.2, 0.25) is 0 Å². The van der Waals surface area contributed by atoms with Crippen molar-refractivity contribution in [1.29, 1.82) is 0 Å². The Hall–Kier alpha value is -0.940. The molecule has 1 amide bonds. The fourth-order valence-electron chi connectivity index (χ4n) is 1.22. The van der Waals surface area contributed by atoms with E-state index in [4.69, 9.17) is 16.3 Å². The van der Waals surface area contributed by atoms with Crippen LogP contribution in [-0.4, -0.2) is 29.0 Å². The molecule has 0 aliphatic heterocycles. The van der Waals surface area contributed by atoms with Crippen molar-refractivity contribution >= 4 is 29.5 Å². The van der Waals surface area contributed by atoms with E-state index in [1.807, 2.05) is 26.8 Å². The van der Waals surface area contributed by atoms with E-state index in [-0.39, 0.29) is 6.09 Å². The molecule has 0 fully saturated rings. The van der Waals surface area contributed by atoms with Crippen LogP contribution in [0.3, 0.4) is 0 Å². The van der Waals surface area contributed by atoms with Crippen LogP contribution in [-0.2, 0) is 10.5 Å². The van der Waals surface area contributed by atoms with E-state index in [1.165, 1.54) is 0 Å². The largest absolute Gasteiger partial charge is 0.444 e. The van der Waals surface area contributed by atoms with Gasteiger partial charge in [-0.25, -0.2) is 9.78 Å². The number of nitrogens with zero attached hydrogens (tertiary/aromatic N) is 1. The molecule has 1 aromatic rings. The molecule has 0 unspecified atom stereocenters. The van der Waals surface area contributed by atoms with Gasteiger partial charge < -0.3 is 10.1 Å². The first kappa shape index (κ1) is 16.1. The monoisotopic (exact) mass is 302 g/mol. The van der Waals surface area contributed by atoms with E-state index in [2.05, 4.69) is 10.3 Å². The van der Waals surface area contributed by atoms with Crippen molar-refractivity contribution in [3.05, 3.63) is 29.0 Å². The Morgan fingerprint density at radius 3 is 2.79 bits per heavy atom. The Kier molecular flexibility index (Phi) is 6.45. The van der Waals surface area contributed by atoms with E-state index in [9.17, 15) is 4.79 Å². The van der Waals surface area contributed by atoms with Crippen LogP contribution in [0.4, 0.5) is 4.79 Å². The van der Waals surface area contributed by atoms with Crippen LogP contribution in [0.15, 0.2) is 18.3 Å². The van der Waals surface area contributed by atoms with Gasteiger partial charge in [0, 0.05) is 24.2 Å². The molecule has 1 N–H and O–H groups in total. The normalized spacial score (nSPS) is 11.2. The Morgan fingerprint density at radius 2 is 2.21 bits per heavy atom. The maximum absolute atomic E-state index is 11.4. The Bertz CT molecular complexity index is 404. The lowest BCUT2D eigenvalue weighted by molar-refractivity contribution is 0.0531. The van der Waals surface area contributed by atoms with Crippen LogP contribution in [0.2, 0.25) is 5.15 Å². The fraction of sp³-hybridized carbons (Fsp3) is 0.538. The number of hydrogen-bond acceptors (Lipinski definition) is 4. The number of carbonyl (C=O) groups is 1. The molecule has 0 saturated carbocycles. The van der Waals surface area contributed by atoms with Gasteiger partial charge in [-0.05, 0) is 32.4 Å². The highest BCUT2D eigenvalue weighted by Crippen LogP contribution is 2.12. The van der Waals surface area contributed by atoms with E-state index in [0.29, 0.717) is 11.7 Å². The standard InChI is InChI=1S/C13H19ClN2O2S/c1-13(2,3)18-12(17)15-6-7-19-9-10-4-5-11(14)16-8-10/h4-5,8H,6-7,9H2,1-3H3,(H,15,17). The minimum absolute atomic E-state index is 0.374. The zero-order chi connectivity index (χ0) is 14.3. The number of amides is 1. The van der Waals surface area contributed by atoms with Crippen molar-refractivity contribution < 1.29 is 9.53 Å². The second-order valence-corrected chi connectivity index (χ2v) is 6.46. The molecule has 19 heavy (non-hydrogen) atoms. The lowest BCUT2D eigenvalue weighted by Crippen LogP contribution is -2.33. The molecule has 0 saturated heterocycles. The summed E-state index contributed by atoms with van der Waals surface area (Å²) in [5, 5.41) is 3.22. The van der Waals surface area contributed by atoms with Crippen LogP contribution in [0.5, 0.6) is 0 Å². The van der Waals surface area contributed by atoms with E-state index in [1.54, 1.807) is 24.0 Å². The lowest BCUT2D eigenvalue weighted by atomic mass is 10.2. The summed E-state index contributed by atoms with van der Waals surface area (Å²) in [6.07, 6.45) is 1.39. The van der Waals surface area contributed by atoms with Crippen molar-refractivity contribution in [2.45, 2.75) is 32.1 Å². The molecule has 106 valence electrons. The fourth-order valence-corrected chi connectivity index (χ4v) is 2.13. The average Bonchev–Trinajstić information content (AvgIpc) is 2.29. The summed E-state index contributed by atoms with van der Waals surface area (Å²) in [7, 11) is 0. The van der Waals surface area contributed by atoms with Gasteiger partial charge in [-0.3, -0.25) is 0 Å². The zero-order valence-electron chi connectivity index (χ0n) is 11.4. The molecule has 0 radical (unpaired) electrons. The first-order valence-corrected chi connectivity index (χ1v) is 7.55. The van der Waals surface area contributed by atoms with Crippen molar-refractivity contribution in [2.75, 3.05) is 12.3 Å². The third-order valence-corrected chi connectivity index (χ3v) is 3.23. The Balaban J connectivity index is 2.11. The highest BCUT2D eigenvalue weighted by molar-refractivity contribution is 7.98. The number of hydrogen-bond donors (Lipinski definition) is 1. The number of rotatable bonds is 5. The van der Waals surface area contributed by atoms with Gasteiger partial charge in [0.15, 0.2) is 0 Å². The summed E-state index contributed by atoms with van der Waals surface area (Å²) in [4.78, 5) is 15.4. The first-order chi connectivity index (χ1) is 8.87. The third-order valence-electron chi connectivity index (χ3n) is 1.97. The highest BCUT2D eigenvalue weighted by atomic mass is 35.5. The second-order valence-electron chi connectivity index (χ2n) is 4.97. The summed E-state index contributed by atoms with van der Waals surface area (Å²) in [5.74, 6) is 1.67. The molecule has 4 nitrogen and oxygen atoms in total. The SMILES string of the molecule is CC(C)(C)OC(=O)NCCSCc1ccc(Cl)nc1. The lowest BCUT2D eigenvalue weighted by Gasteiger charge is -2.19. The van der Waals surface area contributed by atoms with Crippen LogP contribution in [0.25, 0.3) is 0 Å². The van der Waals surface area contributed by atoms with Gasteiger partial charge in [-0.2, -0.15) is 11.8 Å². The number of aromatic nitrogens is 1. The minimum atomic E-state index is -0.452. The van der Waals surface area contributed by atoms with Crippen LogP contribution in [0.1, 0.15) is 26.3 Å². The van der Waals surface area contributed by atoms with Gasteiger partial charge in [0.05, 0.1) is 0 Å². The number of pyridine rings is 1. The molecule has 0 bridgehead atoms. The molecule has 0 aliphatic carbocycles. The molecule has 1 rings (SSSR count). The predicted octanol–water partition coefficient (Wildman–Crippen LogP) is 3.49. The number of nitrogens with one attached hydrogen (secondary N) is 1. The van der Waals surface area contributed by atoms with E-state index in [0.717, 1.165) is 17.1 Å². The highest BCUT2D eigenvalue weighted by Gasteiger charge is 2.15. The maximum atomic E-state index is 11.4. The molecule has 1 aromatic heterocycles. The van der Waals surface area contributed by atoms with Crippen LogP contribution < -0.4 is 5.32 Å². The summed E-state index contributed by atoms with van der Waals surface area (Å²) in [6, 6.07) is 3.72. The smallest absolute Gasteiger partial charge is 0.407 e. The number of thioether (sulfide) groups is 1. The molecule has 6 heteroatoms. The number of ether oxygens (including phenoxy) is 1. The van der Waals surface area contributed by atoms with Crippen LogP contribution >= 0.6 is 23.4 Å². The van der Waals surface area contributed by atoms with Gasteiger partial charge in [-0.1, -0.05) is 17.7 Å². The van der Waals surface area contributed by atoms with Crippen LogP contribution in [0, 0.1) is 0 Å². The third kappa shape index (κ3) is 7.95. The Morgan fingerprint density at radius 1 is 1.47 bits per heavy atom.